The van der Waals surface area contributed by atoms with Crippen LogP contribution in [0.5, 0.6) is 5.75 Å². The Kier molecular flexibility index (Phi) is 3.46. The standard InChI is InChI=1S/C14H12F3NO/c1-9-2-7-13(12(8-9)14(15,16)17)19-11-5-3-10(18)4-6-11/h2-3,5-8,18H,4H2,1H3. The van der Waals surface area contributed by atoms with Gasteiger partial charge in [0, 0.05) is 12.1 Å². The van der Waals surface area contributed by atoms with Crippen LogP contribution < -0.4 is 4.74 Å². The fourth-order valence-corrected chi connectivity index (χ4v) is 1.69. The van der Waals surface area contributed by atoms with Gasteiger partial charge in [0.05, 0.1) is 5.56 Å². The lowest BCUT2D eigenvalue weighted by atomic mass is 10.1. The average Bonchev–Trinajstić information content (AvgIpc) is 2.33. The summed E-state index contributed by atoms with van der Waals surface area (Å²) in [5.41, 5.74) is 0.129. The van der Waals surface area contributed by atoms with Gasteiger partial charge in [0.1, 0.15) is 11.5 Å². The third-order valence-corrected chi connectivity index (χ3v) is 2.64. The van der Waals surface area contributed by atoms with Crippen LogP contribution in [0.1, 0.15) is 17.5 Å². The third-order valence-electron chi connectivity index (χ3n) is 2.64. The number of halogens is 3. The molecule has 0 bridgehead atoms. The van der Waals surface area contributed by atoms with Gasteiger partial charge in [0.25, 0.3) is 0 Å². The molecule has 100 valence electrons. The Morgan fingerprint density at radius 2 is 1.95 bits per heavy atom. The molecule has 2 rings (SSSR count). The summed E-state index contributed by atoms with van der Waals surface area (Å²) in [7, 11) is 0. The van der Waals surface area contributed by atoms with Gasteiger partial charge in [-0.25, -0.2) is 0 Å². The smallest absolute Gasteiger partial charge is 0.419 e. The number of aryl methyl sites for hydroxylation is 1. The number of hydrogen-bond acceptors (Lipinski definition) is 2. The quantitative estimate of drug-likeness (QED) is 0.853. The summed E-state index contributed by atoms with van der Waals surface area (Å²) in [5.74, 6) is 0.104. The molecule has 0 atom stereocenters. The highest BCUT2D eigenvalue weighted by molar-refractivity contribution is 5.94. The molecular formula is C14H12F3NO. The molecule has 0 aromatic heterocycles. The molecule has 1 aromatic carbocycles. The summed E-state index contributed by atoms with van der Waals surface area (Å²) in [6, 6.07) is 3.94. The van der Waals surface area contributed by atoms with E-state index in [0.29, 0.717) is 23.5 Å². The van der Waals surface area contributed by atoms with Gasteiger partial charge in [0.15, 0.2) is 0 Å². The molecule has 0 saturated carbocycles. The number of ether oxygens (including phenoxy) is 1. The Morgan fingerprint density at radius 1 is 1.21 bits per heavy atom. The first kappa shape index (κ1) is 13.4. The molecule has 2 nitrogen and oxygen atoms in total. The lowest BCUT2D eigenvalue weighted by Crippen LogP contribution is -2.09. The minimum Gasteiger partial charge on any atom is -0.457 e. The molecule has 1 aliphatic carbocycles. The molecule has 0 spiro atoms. The predicted molar refractivity (Wildman–Crippen MR) is 66.4 cm³/mol. The van der Waals surface area contributed by atoms with Crippen molar-refractivity contribution in [3.8, 4) is 5.75 Å². The maximum Gasteiger partial charge on any atom is 0.419 e. The molecular weight excluding hydrogens is 255 g/mol. The van der Waals surface area contributed by atoms with Gasteiger partial charge in [-0.2, -0.15) is 13.2 Å². The third kappa shape index (κ3) is 3.24. The zero-order valence-corrected chi connectivity index (χ0v) is 10.2. The number of alkyl halides is 3. The normalized spacial score (nSPS) is 15.4. The molecule has 1 aromatic rings. The van der Waals surface area contributed by atoms with E-state index in [-0.39, 0.29) is 5.75 Å². The van der Waals surface area contributed by atoms with E-state index >= 15 is 0 Å². The summed E-state index contributed by atoms with van der Waals surface area (Å²) >= 11 is 0. The lowest BCUT2D eigenvalue weighted by Gasteiger charge is -2.16. The number of allylic oxidation sites excluding steroid dienone is 3. The van der Waals surface area contributed by atoms with E-state index in [9.17, 15) is 13.2 Å². The number of benzene rings is 1. The van der Waals surface area contributed by atoms with E-state index in [4.69, 9.17) is 10.1 Å². The van der Waals surface area contributed by atoms with Crippen molar-refractivity contribution in [2.45, 2.75) is 19.5 Å². The van der Waals surface area contributed by atoms with Crippen molar-refractivity contribution >= 4 is 5.71 Å². The summed E-state index contributed by atoms with van der Waals surface area (Å²) in [5, 5.41) is 7.36. The van der Waals surface area contributed by atoms with Gasteiger partial charge in [-0.1, -0.05) is 11.6 Å². The van der Waals surface area contributed by atoms with Crippen LogP contribution in [0.4, 0.5) is 13.2 Å². The molecule has 1 N–H and O–H groups in total. The first-order valence-electron chi connectivity index (χ1n) is 5.67. The minimum atomic E-state index is -4.45. The monoisotopic (exact) mass is 267 g/mol. The summed E-state index contributed by atoms with van der Waals surface area (Å²) in [6.07, 6.45) is 0.497. The van der Waals surface area contributed by atoms with Crippen LogP contribution in [0.2, 0.25) is 0 Å². The van der Waals surface area contributed by atoms with Gasteiger partial charge < -0.3 is 10.1 Å². The zero-order chi connectivity index (χ0) is 14.0. The number of nitrogens with one attached hydrogen (secondary N) is 1. The summed E-state index contributed by atoms with van der Waals surface area (Å²) in [4.78, 5) is 0. The molecule has 5 heteroatoms. The average molecular weight is 267 g/mol. The topological polar surface area (TPSA) is 33.1 Å². The van der Waals surface area contributed by atoms with Gasteiger partial charge in [-0.15, -0.1) is 0 Å². The highest BCUT2D eigenvalue weighted by atomic mass is 19.4. The maximum atomic E-state index is 12.9. The molecule has 0 heterocycles. The van der Waals surface area contributed by atoms with Crippen molar-refractivity contribution in [1.82, 2.24) is 0 Å². The van der Waals surface area contributed by atoms with Gasteiger partial charge >= 0.3 is 6.18 Å². The van der Waals surface area contributed by atoms with Crippen LogP contribution in [-0.2, 0) is 6.18 Å². The Balaban J connectivity index is 2.31. The Bertz CT molecular complexity index is 571. The first-order chi connectivity index (χ1) is 8.86. The predicted octanol–water partition coefficient (Wildman–Crippen LogP) is 4.26. The van der Waals surface area contributed by atoms with Crippen molar-refractivity contribution in [2.24, 2.45) is 0 Å². The number of hydrogen-bond donors (Lipinski definition) is 1. The van der Waals surface area contributed by atoms with Crippen LogP contribution >= 0.6 is 0 Å². The molecule has 0 saturated heterocycles. The van der Waals surface area contributed by atoms with Gasteiger partial charge in [-0.05, 0) is 37.3 Å². The molecule has 0 fully saturated rings. The van der Waals surface area contributed by atoms with Crippen molar-refractivity contribution in [1.29, 1.82) is 5.41 Å². The SMILES string of the molecule is Cc1ccc(OC2=CCC(=N)C=C2)c(C(F)(F)F)c1. The van der Waals surface area contributed by atoms with Crippen molar-refractivity contribution < 1.29 is 17.9 Å². The van der Waals surface area contributed by atoms with E-state index in [2.05, 4.69) is 0 Å². The van der Waals surface area contributed by atoms with E-state index in [0.717, 1.165) is 6.07 Å². The van der Waals surface area contributed by atoms with Crippen molar-refractivity contribution in [3.05, 3.63) is 53.3 Å². The van der Waals surface area contributed by atoms with E-state index in [1.165, 1.54) is 18.2 Å². The van der Waals surface area contributed by atoms with Crippen molar-refractivity contribution in [3.63, 3.8) is 0 Å². The lowest BCUT2D eigenvalue weighted by molar-refractivity contribution is -0.138. The van der Waals surface area contributed by atoms with Crippen LogP contribution in [0.3, 0.4) is 0 Å². The maximum absolute atomic E-state index is 12.9. The fraction of sp³-hybridized carbons (Fsp3) is 0.214. The Labute approximate surface area is 108 Å². The molecule has 19 heavy (non-hydrogen) atoms. The molecule has 0 unspecified atom stereocenters. The highest BCUT2D eigenvalue weighted by Gasteiger charge is 2.34. The van der Waals surface area contributed by atoms with Crippen LogP contribution in [-0.4, -0.2) is 5.71 Å². The van der Waals surface area contributed by atoms with Crippen LogP contribution in [0.25, 0.3) is 0 Å². The van der Waals surface area contributed by atoms with Crippen molar-refractivity contribution in [2.75, 3.05) is 0 Å². The summed E-state index contributed by atoms with van der Waals surface area (Å²) < 4.78 is 44.0. The largest absolute Gasteiger partial charge is 0.457 e. The summed E-state index contributed by atoms with van der Waals surface area (Å²) in [6.45, 7) is 1.60. The second-order valence-electron chi connectivity index (χ2n) is 4.27. The van der Waals surface area contributed by atoms with E-state index in [1.54, 1.807) is 19.1 Å². The van der Waals surface area contributed by atoms with E-state index < -0.39 is 11.7 Å². The Morgan fingerprint density at radius 3 is 2.53 bits per heavy atom. The number of rotatable bonds is 2. The fourth-order valence-electron chi connectivity index (χ4n) is 1.69. The second kappa shape index (κ2) is 4.91. The first-order valence-corrected chi connectivity index (χ1v) is 5.67. The minimum absolute atomic E-state index is 0.220. The molecule has 0 aliphatic heterocycles. The Hall–Kier alpha value is -2.04. The van der Waals surface area contributed by atoms with Crippen LogP contribution in [0.15, 0.2) is 42.2 Å². The second-order valence-corrected chi connectivity index (χ2v) is 4.27. The van der Waals surface area contributed by atoms with Gasteiger partial charge in [-0.3, -0.25) is 0 Å². The van der Waals surface area contributed by atoms with Crippen LogP contribution in [0, 0.1) is 12.3 Å². The molecule has 0 radical (unpaired) electrons. The highest BCUT2D eigenvalue weighted by Crippen LogP contribution is 2.37. The molecule has 0 amide bonds. The zero-order valence-electron chi connectivity index (χ0n) is 10.2. The van der Waals surface area contributed by atoms with Gasteiger partial charge in [0.2, 0.25) is 0 Å². The molecule has 1 aliphatic rings. The van der Waals surface area contributed by atoms with E-state index in [1.807, 2.05) is 0 Å².